The zero-order valence-corrected chi connectivity index (χ0v) is 24.8. The molecule has 0 heterocycles. The van der Waals surface area contributed by atoms with Crippen molar-refractivity contribution in [2.45, 2.75) is 90.7 Å². The number of benzene rings is 1. The number of hydrogen-bond acceptors (Lipinski definition) is 8. The normalized spacial score (nSPS) is 12.1. The van der Waals surface area contributed by atoms with Crippen molar-refractivity contribution in [2.75, 3.05) is 53.4 Å². The van der Waals surface area contributed by atoms with E-state index in [0.717, 1.165) is 62.9 Å². The number of alkyl carbamates (subject to hydrolysis) is 1. The Hall–Kier alpha value is -2.36. The molecule has 0 aromatic heterocycles. The lowest BCUT2D eigenvalue weighted by Crippen LogP contribution is -2.34. The van der Waals surface area contributed by atoms with Crippen LogP contribution < -0.4 is 10.1 Å². The van der Waals surface area contributed by atoms with E-state index in [0.29, 0.717) is 46.1 Å². The first-order valence-corrected chi connectivity index (χ1v) is 14.2. The van der Waals surface area contributed by atoms with E-state index in [2.05, 4.69) is 10.1 Å². The van der Waals surface area contributed by atoms with Gasteiger partial charge in [-0.1, -0.05) is 25.0 Å². The lowest BCUT2D eigenvalue weighted by atomic mass is 10.1. The maximum atomic E-state index is 12.0. The molecular weight excluding hydrogens is 502 g/mol. The summed E-state index contributed by atoms with van der Waals surface area (Å²) in [7, 11) is 1.41. The predicted molar refractivity (Wildman–Crippen MR) is 151 cm³/mol. The summed E-state index contributed by atoms with van der Waals surface area (Å²) in [6.07, 6.45) is 6.94. The van der Waals surface area contributed by atoms with E-state index in [1.807, 2.05) is 52.0 Å². The van der Waals surface area contributed by atoms with Gasteiger partial charge in [-0.2, -0.15) is 0 Å². The Balaban J connectivity index is 1.94. The molecule has 1 amide bonds. The summed E-state index contributed by atoms with van der Waals surface area (Å²) in [6.45, 7) is 11.8. The standard InChI is InChI=1S/C30H51NO8/c1-25(31-29(33)39-30(2,3)4)26-14-13-15-27(24-26)38-19-12-7-6-10-17-35-20-22-37-23-21-36-18-11-8-9-16-28(32)34-5/h13-15,24-25H,6-12,16-23H2,1-5H3,(H,31,33)/t25-/m1/s1. The van der Waals surface area contributed by atoms with Crippen LogP contribution in [-0.4, -0.2) is 71.0 Å². The highest BCUT2D eigenvalue weighted by molar-refractivity contribution is 5.69. The number of methoxy groups -OCH3 is 1. The van der Waals surface area contributed by atoms with Crippen LogP contribution in [0.25, 0.3) is 0 Å². The third-order valence-corrected chi connectivity index (χ3v) is 5.68. The van der Waals surface area contributed by atoms with E-state index >= 15 is 0 Å². The molecule has 224 valence electrons. The van der Waals surface area contributed by atoms with Gasteiger partial charge in [0.15, 0.2) is 0 Å². The van der Waals surface area contributed by atoms with Crippen LogP contribution in [0, 0.1) is 0 Å². The van der Waals surface area contributed by atoms with Crippen molar-refractivity contribution in [1.29, 1.82) is 0 Å². The summed E-state index contributed by atoms with van der Waals surface area (Å²) in [5.74, 6) is 0.646. The number of ether oxygens (including phenoxy) is 6. The van der Waals surface area contributed by atoms with Crippen LogP contribution in [0.5, 0.6) is 5.75 Å². The lowest BCUT2D eigenvalue weighted by Gasteiger charge is -2.22. The molecule has 0 unspecified atom stereocenters. The molecule has 9 nitrogen and oxygen atoms in total. The van der Waals surface area contributed by atoms with Gasteiger partial charge in [0.2, 0.25) is 0 Å². The SMILES string of the molecule is COC(=O)CCCCCOCCOCCOCCCCCCOc1cccc([C@@H](C)NC(=O)OC(C)(C)C)c1. The fraction of sp³-hybridized carbons (Fsp3) is 0.733. The van der Waals surface area contributed by atoms with Crippen LogP contribution in [0.3, 0.4) is 0 Å². The number of carbonyl (C=O) groups is 2. The molecule has 1 aromatic rings. The highest BCUT2D eigenvalue weighted by atomic mass is 16.6. The third-order valence-electron chi connectivity index (χ3n) is 5.68. The maximum absolute atomic E-state index is 12.0. The fourth-order valence-electron chi connectivity index (χ4n) is 3.59. The molecule has 1 aromatic carbocycles. The molecule has 0 saturated heterocycles. The number of rotatable bonds is 22. The van der Waals surface area contributed by atoms with Gasteiger partial charge < -0.3 is 33.7 Å². The second-order valence-electron chi connectivity index (χ2n) is 10.4. The van der Waals surface area contributed by atoms with Crippen LogP contribution >= 0.6 is 0 Å². The average Bonchev–Trinajstić information content (AvgIpc) is 2.88. The molecule has 0 radical (unpaired) electrons. The van der Waals surface area contributed by atoms with Crippen molar-refractivity contribution < 1.29 is 38.0 Å². The number of esters is 1. The zero-order chi connectivity index (χ0) is 28.8. The van der Waals surface area contributed by atoms with Crippen LogP contribution in [-0.2, 0) is 28.5 Å². The van der Waals surface area contributed by atoms with Gasteiger partial charge in [-0.05, 0) is 77.5 Å². The highest BCUT2D eigenvalue weighted by Gasteiger charge is 2.18. The van der Waals surface area contributed by atoms with Gasteiger partial charge >= 0.3 is 12.1 Å². The molecule has 1 N–H and O–H groups in total. The molecule has 0 spiro atoms. The van der Waals surface area contributed by atoms with Gasteiger partial charge in [0.05, 0.1) is 46.2 Å². The minimum absolute atomic E-state index is 0.155. The summed E-state index contributed by atoms with van der Waals surface area (Å²) in [4.78, 5) is 23.0. The highest BCUT2D eigenvalue weighted by Crippen LogP contribution is 2.20. The van der Waals surface area contributed by atoms with Gasteiger partial charge in [-0.3, -0.25) is 4.79 Å². The largest absolute Gasteiger partial charge is 0.494 e. The van der Waals surface area contributed by atoms with E-state index in [9.17, 15) is 9.59 Å². The van der Waals surface area contributed by atoms with E-state index < -0.39 is 11.7 Å². The molecule has 0 aliphatic rings. The Kier molecular flexibility index (Phi) is 19.1. The molecule has 0 saturated carbocycles. The molecule has 0 bridgehead atoms. The summed E-state index contributed by atoms with van der Waals surface area (Å²) in [5.41, 5.74) is 0.443. The monoisotopic (exact) mass is 553 g/mol. The maximum Gasteiger partial charge on any atom is 0.408 e. The Morgan fingerprint density at radius 3 is 1.95 bits per heavy atom. The van der Waals surface area contributed by atoms with Crippen molar-refractivity contribution in [3.05, 3.63) is 29.8 Å². The smallest absolute Gasteiger partial charge is 0.408 e. The first kappa shape index (κ1) is 34.7. The summed E-state index contributed by atoms with van der Waals surface area (Å²) in [5, 5.41) is 2.86. The van der Waals surface area contributed by atoms with Gasteiger partial charge in [-0.25, -0.2) is 4.79 Å². The quantitative estimate of drug-likeness (QED) is 0.138. The topological polar surface area (TPSA) is 102 Å². The Bertz CT molecular complexity index is 780. The Labute approximate surface area is 235 Å². The first-order chi connectivity index (χ1) is 18.7. The van der Waals surface area contributed by atoms with Gasteiger partial charge in [0.1, 0.15) is 11.4 Å². The molecule has 39 heavy (non-hydrogen) atoms. The average molecular weight is 554 g/mol. The van der Waals surface area contributed by atoms with Crippen molar-refractivity contribution >= 4 is 12.1 Å². The summed E-state index contributed by atoms with van der Waals surface area (Å²) < 4.78 is 32.5. The first-order valence-electron chi connectivity index (χ1n) is 14.2. The van der Waals surface area contributed by atoms with Gasteiger partial charge in [-0.15, -0.1) is 0 Å². The molecule has 1 rings (SSSR count). The second-order valence-corrected chi connectivity index (χ2v) is 10.4. The van der Waals surface area contributed by atoms with E-state index in [4.69, 9.17) is 23.7 Å². The third kappa shape index (κ3) is 20.2. The number of unbranched alkanes of at least 4 members (excludes halogenated alkanes) is 5. The van der Waals surface area contributed by atoms with Crippen LogP contribution in [0.1, 0.15) is 90.7 Å². The number of hydrogen-bond donors (Lipinski definition) is 1. The fourth-order valence-corrected chi connectivity index (χ4v) is 3.59. The van der Waals surface area contributed by atoms with Crippen molar-refractivity contribution in [1.82, 2.24) is 5.32 Å². The minimum atomic E-state index is -0.526. The summed E-state index contributed by atoms with van der Waals surface area (Å²) in [6, 6.07) is 7.61. The predicted octanol–water partition coefficient (Wildman–Crippen LogP) is 5.99. The minimum Gasteiger partial charge on any atom is -0.494 e. The molecule has 0 fully saturated rings. The molecule has 0 aliphatic heterocycles. The zero-order valence-electron chi connectivity index (χ0n) is 24.8. The van der Waals surface area contributed by atoms with E-state index in [1.54, 1.807) is 0 Å². The number of amides is 1. The van der Waals surface area contributed by atoms with Crippen molar-refractivity contribution in [3.63, 3.8) is 0 Å². The number of carbonyl (C=O) groups excluding carboxylic acids is 2. The molecule has 0 aliphatic carbocycles. The van der Waals surface area contributed by atoms with Crippen LogP contribution in [0.15, 0.2) is 24.3 Å². The van der Waals surface area contributed by atoms with E-state index in [-0.39, 0.29) is 12.0 Å². The Morgan fingerprint density at radius 1 is 0.795 bits per heavy atom. The van der Waals surface area contributed by atoms with Crippen LogP contribution in [0.2, 0.25) is 0 Å². The van der Waals surface area contributed by atoms with Gasteiger partial charge in [0.25, 0.3) is 0 Å². The Morgan fingerprint density at radius 2 is 1.36 bits per heavy atom. The van der Waals surface area contributed by atoms with Crippen molar-refractivity contribution in [3.8, 4) is 5.75 Å². The molecular formula is C30H51NO8. The van der Waals surface area contributed by atoms with Crippen LogP contribution in [0.4, 0.5) is 4.79 Å². The summed E-state index contributed by atoms with van der Waals surface area (Å²) >= 11 is 0. The second kappa shape index (κ2) is 21.5. The van der Waals surface area contributed by atoms with Gasteiger partial charge in [0, 0.05) is 19.6 Å². The van der Waals surface area contributed by atoms with E-state index in [1.165, 1.54) is 7.11 Å². The molecule has 9 heteroatoms. The number of nitrogens with one attached hydrogen (secondary N) is 1. The van der Waals surface area contributed by atoms with Crippen molar-refractivity contribution in [2.24, 2.45) is 0 Å². The molecule has 1 atom stereocenters. The lowest BCUT2D eigenvalue weighted by molar-refractivity contribution is -0.140.